The molecular weight excluding hydrogens is 458 g/mol. The fraction of sp³-hybridized carbons (Fsp3) is 0.200. The van der Waals surface area contributed by atoms with Gasteiger partial charge in [0.1, 0.15) is 6.61 Å². The second kappa shape index (κ2) is 10.3. The zero-order chi connectivity index (χ0) is 22.4. The Morgan fingerprint density at radius 1 is 1.06 bits per heavy atom. The molecule has 0 atom stereocenters. The lowest BCUT2D eigenvalue weighted by Crippen LogP contribution is -2.02. The molecule has 0 amide bonds. The highest BCUT2D eigenvalue weighted by Gasteiger charge is 2.13. The molecule has 1 N–H and O–H groups in total. The van der Waals surface area contributed by atoms with Crippen LogP contribution in [-0.2, 0) is 6.61 Å². The van der Waals surface area contributed by atoms with Crippen LogP contribution in [-0.4, -0.2) is 23.9 Å². The van der Waals surface area contributed by atoms with Crippen LogP contribution in [0.4, 0.5) is 5.69 Å². The number of aryl methyl sites for hydroxylation is 2. The van der Waals surface area contributed by atoms with Gasteiger partial charge in [0.15, 0.2) is 11.5 Å². The fourth-order valence-corrected chi connectivity index (χ4v) is 3.63. The highest BCUT2D eigenvalue weighted by Crippen LogP contribution is 2.37. The minimum Gasteiger partial charge on any atom is -0.490 e. The van der Waals surface area contributed by atoms with E-state index in [1.807, 2.05) is 38.1 Å². The first-order chi connectivity index (χ1) is 14.9. The van der Waals surface area contributed by atoms with Gasteiger partial charge in [-0.25, -0.2) is 4.79 Å². The van der Waals surface area contributed by atoms with Crippen molar-refractivity contribution in [1.82, 2.24) is 0 Å². The average Bonchev–Trinajstić information content (AvgIpc) is 2.73. The number of rotatable bonds is 8. The van der Waals surface area contributed by atoms with E-state index < -0.39 is 5.97 Å². The van der Waals surface area contributed by atoms with Crippen molar-refractivity contribution >= 4 is 33.8 Å². The highest BCUT2D eigenvalue weighted by atomic mass is 79.9. The van der Waals surface area contributed by atoms with Crippen LogP contribution in [0.15, 0.2) is 64.1 Å². The number of carbonyl (C=O) groups is 1. The predicted octanol–water partition coefficient (Wildman–Crippen LogP) is 6.49. The van der Waals surface area contributed by atoms with Crippen molar-refractivity contribution < 1.29 is 19.4 Å². The number of aliphatic imine (C=N–C) groups is 1. The average molecular weight is 482 g/mol. The van der Waals surface area contributed by atoms with Gasteiger partial charge in [0.2, 0.25) is 0 Å². The van der Waals surface area contributed by atoms with E-state index in [0.717, 1.165) is 26.9 Å². The zero-order valence-electron chi connectivity index (χ0n) is 17.7. The van der Waals surface area contributed by atoms with Crippen molar-refractivity contribution in [1.29, 1.82) is 0 Å². The topological polar surface area (TPSA) is 68.1 Å². The number of hydrogen-bond donors (Lipinski definition) is 1. The Morgan fingerprint density at radius 2 is 1.81 bits per heavy atom. The molecule has 5 nitrogen and oxygen atoms in total. The normalized spacial score (nSPS) is 11.0. The smallest absolute Gasteiger partial charge is 0.335 e. The number of nitrogens with zero attached hydrogens (tertiary/aromatic N) is 1. The molecule has 0 aliphatic rings. The molecule has 3 aromatic carbocycles. The molecule has 0 spiro atoms. The van der Waals surface area contributed by atoms with Gasteiger partial charge in [-0.2, -0.15) is 0 Å². The van der Waals surface area contributed by atoms with Crippen molar-refractivity contribution in [3.63, 3.8) is 0 Å². The summed E-state index contributed by atoms with van der Waals surface area (Å²) in [6.45, 7) is 6.80. The van der Waals surface area contributed by atoms with E-state index in [1.165, 1.54) is 5.56 Å². The van der Waals surface area contributed by atoms with Crippen LogP contribution in [0.2, 0.25) is 0 Å². The molecule has 0 fully saturated rings. The van der Waals surface area contributed by atoms with Crippen LogP contribution in [0.25, 0.3) is 0 Å². The van der Waals surface area contributed by atoms with E-state index in [-0.39, 0.29) is 12.2 Å². The summed E-state index contributed by atoms with van der Waals surface area (Å²) in [5.41, 5.74) is 5.23. The van der Waals surface area contributed by atoms with Gasteiger partial charge in [0.25, 0.3) is 0 Å². The molecule has 0 radical (unpaired) electrons. The van der Waals surface area contributed by atoms with Gasteiger partial charge >= 0.3 is 5.97 Å². The van der Waals surface area contributed by atoms with Gasteiger partial charge in [-0.1, -0.05) is 29.8 Å². The van der Waals surface area contributed by atoms with Crippen molar-refractivity contribution in [2.24, 2.45) is 4.99 Å². The summed E-state index contributed by atoms with van der Waals surface area (Å²) in [7, 11) is 0. The van der Waals surface area contributed by atoms with Crippen LogP contribution < -0.4 is 9.47 Å². The maximum absolute atomic E-state index is 11.0. The monoisotopic (exact) mass is 481 g/mol. The minimum atomic E-state index is -0.952. The first-order valence-electron chi connectivity index (χ1n) is 9.90. The first-order valence-corrected chi connectivity index (χ1v) is 10.7. The van der Waals surface area contributed by atoms with E-state index in [2.05, 4.69) is 33.9 Å². The third-order valence-electron chi connectivity index (χ3n) is 4.62. The lowest BCUT2D eigenvalue weighted by atomic mass is 10.1. The van der Waals surface area contributed by atoms with Crippen molar-refractivity contribution in [3.8, 4) is 11.5 Å². The Labute approximate surface area is 190 Å². The summed E-state index contributed by atoms with van der Waals surface area (Å²) in [6, 6.07) is 16.6. The Morgan fingerprint density at radius 3 is 2.45 bits per heavy atom. The lowest BCUT2D eigenvalue weighted by molar-refractivity contribution is 0.0697. The number of aromatic carboxylic acids is 1. The van der Waals surface area contributed by atoms with E-state index in [1.54, 1.807) is 30.5 Å². The fourth-order valence-electron chi connectivity index (χ4n) is 3.06. The summed E-state index contributed by atoms with van der Waals surface area (Å²) in [5.74, 6) is 0.251. The Kier molecular flexibility index (Phi) is 7.47. The largest absolute Gasteiger partial charge is 0.490 e. The van der Waals surface area contributed by atoms with Crippen LogP contribution >= 0.6 is 15.9 Å². The van der Waals surface area contributed by atoms with Gasteiger partial charge in [-0.05, 0) is 83.7 Å². The quantitative estimate of drug-likeness (QED) is 0.373. The molecule has 0 saturated carbocycles. The second-order valence-corrected chi connectivity index (χ2v) is 7.96. The molecule has 0 aromatic heterocycles. The molecule has 0 aliphatic heterocycles. The summed E-state index contributed by atoms with van der Waals surface area (Å²) in [6.07, 6.45) is 1.80. The number of hydrogen-bond acceptors (Lipinski definition) is 4. The third kappa shape index (κ3) is 5.95. The van der Waals surface area contributed by atoms with E-state index in [9.17, 15) is 4.79 Å². The van der Waals surface area contributed by atoms with Crippen molar-refractivity contribution in [2.75, 3.05) is 6.61 Å². The number of carboxylic acid groups (broad SMARTS) is 1. The van der Waals surface area contributed by atoms with Crippen molar-refractivity contribution in [3.05, 3.63) is 86.9 Å². The summed E-state index contributed by atoms with van der Waals surface area (Å²) < 4.78 is 12.5. The van der Waals surface area contributed by atoms with Crippen LogP contribution in [0.5, 0.6) is 11.5 Å². The molecule has 3 aromatic rings. The van der Waals surface area contributed by atoms with Gasteiger partial charge in [0.05, 0.1) is 22.3 Å². The zero-order valence-corrected chi connectivity index (χ0v) is 19.3. The van der Waals surface area contributed by atoms with Gasteiger partial charge in [0, 0.05) is 6.21 Å². The Bertz CT molecular complexity index is 1110. The van der Waals surface area contributed by atoms with E-state index in [4.69, 9.17) is 14.6 Å². The van der Waals surface area contributed by atoms with Crippen molar-refractivity contribution in [2.45, 2.75) is 27.4 Å². The van der Waals surface area contributed by atoms with Gasteiger partial charge in [-0.15, -0.1) is 0 Å². The number of carboxylic acids is 1. The summed E-state index contributed by atoms with van der Waals surface area (Å²) in [4.78, 5) is 15.6. The molecule has 160 valence electrons. The molecule has 3 rings (SSSR count). The molecule has 31 heavy (non-hydrogen) atoms. The predicted molar refractivity (Wildman–Crippen MR) is 126 cm³/mol. The standard InChI is InChI=1S/C25H24BrNO4/c1-4-30-23-13-19(14-27-22-10-5-16(2)11-17(22)3)12-21(26)24(23)31-15-18-6-8-20(9-7-18)25(28)29/h5-14H,4,15H2,1-3H3,(H,28,29). The Balaban J connectivity index is 1.81. The van der Waals surface area contributed by atoms with Gasteiger partial charge in [-0.3, -0.25) is 4.99 Å². The van der Waals surface area contributed by atoms with E-state index in [0.29, 0.717) is 18.1 Å². The Hall–Kier alpha value is -3.12. The maximum atomic E-state index is 11.0. The highest BCUT2D eigenvalue weighted by molar-refractivity contribution is 9.10. The molecule has 6 heteroatoms. The first kappa shape index (κ1) is 22.6. The second-order valence-electron chi connectivity index (χ2n) is 7.10. The van der Waals surface area contributed by atoms with Gasteiger partial charge < -0.3 is 14.6 Å². The van der Waals surface area contributed by atoms with Crippen LogP contribution in [0, 0.1) is 13.8 Å². The maximum Gasteiger partial charge on any atom is 0.335 e. The van der Waals surface area contributed by atoms with Crippen LogP contribution in [0.1, 0.15) is 39.5 Å². The lowest BCUT2D eigenvalue weighted by Gasteiger charge is -2.15. The minimum absolute atomic E-state index is 0.243. The molecule has 0 unspecified atom stereocenters. The molecule has 0 bridgehead atoms. The summed E-state index contributed by atoms with van der Waals surface area (Å²) >= 11 is 3.58. The van der Waals surface area contributed by atoms with Crippen LogP contribution in [0.3, 0.4) is 0 Å². The molecule has 0 heterocycles. The SMILES string of the molecule is CCOc1cc(C=Nc2ccc(C)cc2C)cc(Br)c1OCc1ccc(C(=O)O)cc1. The number of ether oxygens (including phenoxy) is 2. The van der Waals surface area contributed by atoms with E-state index >= 15 is 0 Å². The molecule has 0 saturated heterocycles. The number of halogens is 1. The number of benzene rings is 3. The molecular formula is C25H24BrNO4. The molecule has 0 aliphatic carbocycles. The summed E-state index contributed by atoms with van der Waals surface area (Å²) in [5, 5.41) is 9.02. The third-order valence-corrected chi connectivity index (χ3v) is 5.21.